The Hall–Kier alpha value is -2.82. The predicted octanol–water partition coefficient (Wildman–Crippen LogP) is 4.83. The monoisotopic (exact) mass is 424 g/mol. The molecule has 5 heteroatoms. The lowest BCUT2D eigenvalue weighted by Gasteiger charge is -2.31. The Morgan fingerprint density at radius 1 is 1.03 bits per heavy atom. The first-order valence-electron chi connectivity index (χ1n) is 11.2. The van der Waals surface area contributed by atoms with Crippen LogP contribution in [-0.4, -0.2) is 35.9 Å². The van der Waals surface area contributed by atoms with Gasteiger partial charge in [0.25, 0.3) is 5.91 Å². The summed E-state index contributed by atoms with van der Waals surface area (Å²) in [6, 6.07) is 15.2. The summed E-state index contributed by atoms with van der Waals surface area (Å²) in [6.45, 7) is 11.1. The van der Waals surface area contributed by atoms with Crippen molar-refractivity contribution in [3.8, 4) is 5.75 Å². The smallest absolute Gasteiger partial charge is 0.261 e. The molecule has 1 N–H and O–H groups in total. The van der Waals surface area contributed by atoms with E-state index in [1.165, 1.54) is 5.56 Å². The molecule has 0 unspecified atom stereocenters. The van der Waals surface area contributed by atoms with Crippen LogP contribution >= 0.6 is 0 Å². The van der Waals surface area contributed by atoms with Gasteiger partial charge in [-0.25, -0.2) is 0 Å². The molecule has 2 rings (SSSR count). The van der Waals surface area contributed by atoms with Gasteiger partial charge < -0.3 is 15.0 Å². The topological polar surface area (TPSA) is 58.6 Å². The molecule has 2 aromatic rings. The van der Waals surface area contributed by atoms with Crippen LogP contribution in [0.3, 0.4) is 0 Å². The number of benzene rings is 2. The van der Waals surface area contributed by atoms with Crippen LogP contribution < -0.4 is 10.1 Å². The highest BCUT2D eigenvalue weighted by Gasteiger charge is 2.29. The molecule has 1 atom stereocenters. The number of ether oxygens (including phenoxy) is 1. The standard InChI is InChI=1S/C26H36N2O3/c1-6-16-27-26(30)24(7-2)28(17-22-11-9-8-10-20(22)5)25(29)18-31-23-14-12-21(13-15-23)19(3)4/h8-15,19,24H,6-7,16-18H2,1-5H3,(H,27,30)/t24-/m1/s1. The molecule has 31 heavy (non-hydrogen) atoms. The second-order valence-corrected chi connectivity index (χ2v) is 8.18. The van der Waals surface area contributed by atoms with Crippen LogP contribution in [-0.2, 0) is 16.1 Å². The zero-order valence-electron chi connectivity index (χ0n) is 19.5. The van der Waals surface area contributed by atoms with E-state index in [4.69, 9.17) is 4.74 Å². The summed E-state index contributed by atoms with van der Waals surface area (Å²) in [5.74, 6) is 0.770. The highest BCUT2D eigenvalue weighted by atomic mass is 16.5. The molecule has 5 nitrogen and oxygen atoms in total. The van der Waals surface area contributed by atoms with E-state index >= 15 is 0 Å². The molecule has 0 spiro atoms. The summed E-state index contributed by atoms with van der Waals surface area (Å²) < 4.78 is 5.78. The number of aryl methyl sites for hydroxylation is 1. The molecule has 0 saturated carbocycles. The van der Waals surface area contributed by atoms with Gasteiger partial charge in [0.05, 0.1) is 0 Å². The lowest BCUT2D eigenvalue weighted by atomic mass is 10.0. The zero-order chi connectivity index (χ0) is 22.8. The van der Waals surface area contributed by atoms with Crippen molar-refractivity contribution in [1.82, 2.24) is 10.2 Å². The molecule has 0 aliphatic rings. The van der Waals surface area contributed by atoms with Crippen LogP contribution in [0.5, 0.6) is 5.75 Å². The first-order valence-corrected chi connectivity index (χ1v) is 11.2. The number of carbonyl (C=O) groups is 2. The van der Waals surface area contributed by atoms with Gasteiger partial charge in [0.1, 0.15) is 11.8 Å². The van der Waals surface area contributed by atoms with E-state index in [1.54, 1.807) is 4.90 Å². The largest absolute Gasteiger partial charge is 0.484 e. The minimum absolute atomic E-state index is 0.107. The maximum absolute atomic E-state index is 13.2. The van der Waals surface area contributed by atoms with Gasteiger partial charge in [-0.2, -0.15) is 0 Å². The molecule has 2 amide bonds. The minimum Gasteiger partial charge on any atom is -0.484 e. The van der Waals surface area contributed by atoms with E-state index in [-0.39, 0.29) is 18.4 Å². The molecule has 0 aliphatic carbocycles. The Kier molecular flexibility index (Phi) is 9.57. The average molecular weight is 425 g/mol. The number of hydrogen-bond donors (Lipinski definition) is 1. The molecule has 0 heterocycles. The Bertz CT molecular complexity index is 846. The average Bonchev–Trinajstić information content (AvgIpc) is 2.77. The van der Waals surface area contributed by atoms with Crippen LogP contribution in [0.2, 0.25) is 0 Å². The second-order valence-electron chi connectivity index (χ2n) is 8.18. The molecule has 2 aromatic carbocycles. The van der Waals surface area contributed by atoms with E-state index in [1.807, 2.05) is 69.3 Å². The molecule has 168 valence electrons. The van der Waals surface area contributed by atoms with Crippen molar-refractivity contribution in [3.63, 3.8) is 0 Å². The third kappa shape index (κ3) is 7.12. The van der Waals surface area contributed by atoms with Gasteiger partial charge in [0, 0.05) is 13.1 Å². The highest BCUT2D eigenvalue weighted by molar-refractivity contribution is 5.88. The summed E-state index contributed by atoms with van der Waals surface area (Å²) in [4.78, 5) is 27.6. The third-order valence-electron chi connectivity index (χ3n) is 5.45. The Morgan fingerprint density at radius 2 is 1.71 bits per heavy atom. The molecule has 0 aromatic heterocycles. The Labute approximate surface area is 186 Å². The number of nitrogens with zero attached hydrogens (tertiary/aromatic N) is 1. The summed E-state index contributed by atoms with van der Waals surface area (Å²) in [5.41, 5.74) is 3.34. The van der Waals surface area contributed by atoms with Crippen LogP contribution in [0.4, 0.5) is 0 Å². The number of amides is 2. The maximum Gasteiger partial charge on any atom is 0.261 e. The Morgan fingerprint density at radius 3 is 2.29 bits per heavy atom. The number of rotatable bonds is 11. The third-order valence-corrected chi connectivity index (χ3v) is 5.45. The van der Waals surface area contributed by atoms with Crippen molar-refractivity contribution < 1.29 is 14.3 Å². The van der Waals surface area contributed by atoms with Crippen LogP contribution in [0.25, 0.3) is 0 Å². The molecule has 0 bridgehead atoms. The first kappa shape index (κ1) is 24.4. The van der Waals surface area contributed by atoms with Crippen molar-refractivity contribution in [2.45, 2.75) is 66.0 Å². The maximum atomic E-state index is 13.2. The van der Waals surface area contributed by atoms with E-state index in [0.29, 0.717) is 31.2 Å². The Balaban J connectivity index is 2.18. The zero-order valence-corrected chi connectivity index (χ0v) is 19.5. The fraction of sp³-hybridized carbons (Fsp3) is 0.462. The minimum atomic E-state index is -0.537. The van der Waals surface area contributed by atoms with Crippen LogP contribution in [0.1, 0.15) is 63.1 Å². The SMILES string of the molecule is CCCNC(=O)[C@@H](CC)N(Cc1ccccc1C)C(=O)COc1ccc(C(C)C)cc1. The van der Waals surface area contributed by atoms with Gasteiger partial charge in [-0.1, -0.05) is 64.1 Å². The first-order chi connectivity index (χ1) is 14.9. The van der Waals surface area contributed by atoms with Crippen molar-refractivity contribution in [2.24, 2.45) is 0 Å². The predicted molar refractivity (Wildman–Crippen MR) is 125 cm³/mol. The van der Waals surface area contributed by atoms with Gasteiger partial charge in [-0.3, -0.25) is 9.59 Å². The number of hydrogen-bond acceptors (Lipinski definition) is 3. The molecule has 0 aliphatic heterocycles. The van der Waals surface area contributed by atoms with E-state index < -0.39 is 6.04 Å². The molecule has 0 fully saturated rings. The number of nitrogens with one attached hydrogen (secondary N) is 1. The summed E-state index contributed by atoms with van der Waals surface area (Å²) in [6.07, 6.45) is 1.39. The number of carbonyl (C=O) groups excluding carboxylic acids is 2. The summed E-state index contributed by atoms with van der Waals surface area (Å²) in [7, 11) is 0. The van der Waals surface area contributed by atoms with Gasteiger partial charge >= 0.3 is 0 Å². The lowest BCUT2D eigenvalue weighted by Crippen LogP contribution is -2.50. The van der Waals surface area contributed by atoms with Crippen LogP contribution in [0.15, 0.2) is 48.5 Å². The molecular formula is C26H36N2O3. The summed E-state index contributed by atoms with van der Waals surface area (Å²) >= 11 is 0. The van der Waals surface area contributed by atoms with Gasteiger partial charge in [0.15, 0.2) is 6.61 Å². The molecular weight excluding hydrogens is 388 g/mol. The summed E-state index contributed by atoms with van der Waals surface area (Å²) in [5, 5.41) is 2.94. The van der Waals surface area contributed by atoms with Crippen LogP contribution in [0, 0.1) is 6.92 Å². The lowest BCUT2D eigenvalue weighted by molar-refractivity contribution is -0.143. The van der Waals surface area contributed by atoms with Gasteiger partial charge in [0.2, 0.25) is 5.91 Å². The molecule has 0 saturated heterocycles. The highest BCUT2D eigenvalue weighted by Crippen LogP contribution is 2.20. The molecule has 0 radical (unpaired) electrons. The van der Waals surface area contributed by atoms with E-state index in [0.717, 1.165) is 17.5 Å². The van der Waals surface area contributed by atoms with Crippen molar-refractivity contribution in [1.29, 1.82) is 0 Å². The van der Waals surface area contributed by atoms with Crippen molar-refractivity contribution in [3.05, 3.63) is 65.2 Å². The quantitative estimate of drug-likeness (QED) is 0.562. The van der Waals surface area contributed by atoms with Gasteiger partial charge in [-0.15, -0.1) is 0 Å². The van der Waals surface area contributed by atoms with E-state index in [2.05, 4.69) is 19.2 Å². The normalized spacial score (nSPS) is 11.8. The fourth-order valence-corrected chi connectivity index (χ4v) is 3.43. The van der Waals surface area contributed by atoms with Gasteiger partial charge in [-0.05, 0) is 54.5 Å². The van der Waals surface area contributed by atoms with Crippen molar-refractivity contribution >= 4 is 11.8 Å². The van der Waals surface area contributed by atoms with E-state index in [9.17, 15) is 9.59 Å². The van der Waals surface area contributed by atoms with Crippen molar-refractivity contribution in [2.75, 3.05) is 13.2 Å². The second kappa shape index (κ2) is 12.1. The fourth-order valence-electron chi connectivity index (χ4n) is 3.43.